The van der Waals surface area contributed by atoms with E-state index in [-0.39, 0.29) is 16.8 Å². The first-order valence-electron chi connectivity index (χ1n) is 4.76. The number of nitrogens with one attached hydrogen (secondary N) is 1. The van der Waals surface area contributed by atoms with E-state index < -0.39 is 10.0 Å². The Balaban J connectivity index is 2.36. The summed E-state index contributed by atoms with van der Waals surface area (Å²) >= 11 is 3.14. The van der Waals surface area contributed by atoms with Gasteiger partial charge in [0.2, 0.25) is 5.89 Å². The number of nitrogens with zero attached hydrogens (tertiary/aromatic N) is 2. The smallest absolute Gasteiger partial charge is 0.329 e. The number of aryl methyl sites for hydroxylation is 1. The molecule has 0 unspecified atom stereocenters. The van der Waals surface area contributed by atoms with Crippen LogP contribution in [0.25, 0.3) is 0 Å². The molecular weight excluding hydrogens is 324 g/mol. The van der Waals surface area contributed by atoms with Gasteiger partial charge in [-0.25, -0.2) is 13.1 Å². The highest BCUT2D eigenvalue weighted by Crippen LogP contribution is 2.25. The van der Waals surface area contributed by atoms with Crippen LogP contribution in [-0.2, 0) is 10.0 Å². The van der Waals surface area contributed by atoms with Crippen molar-refractivity contribution in [3.8, 4) is 0 Å². The first-order chi connectivity index (χ1) is 8.38. The standard InChI is InChI=1S/C9H9BrN4O3S/c1-5-12-13-9(17-5)14-18(15,16)8-3-2-6(11)4-7(8)10/h2-4H,11H2,1H3,(H,13,14). The molecule has 18 heavy (non-hydrogen) atoms. The molecule has 0 saturated carbocycles. The summed E-state index contributed by atoms with van der Waals surface area (Å²) < 4.78 is 31.5. The first kappa shape index (κ1) is 12.8. The molecule has 0 fully saturated rings. The number of nitrogens with two attached hydrogens (primary N) is 1. The van der Waals surface area contributed by atoms with Crippen LogP contribution in [0.15, 0.2) is 32.0 Å². The Morgan fingerprint density at radius 3 is 2.67 bits per heavy atom. The maximum atomic E-state index is 12.0. The van der Waals surface area contributed by atoms with Crippen LogP contribution in [0.4, 0.5) is 11.7 Å². The molecule has 0 aliphatic carbocycles. The van der Waals surface area contributed by atoms with E-state index in [9.17, 15) is 8.42 Å². The van der Waals surface area contributed by atoms with E-state index in [2.05, 4.69) is 30.8 Å². The zero-order valence-electron chi connectivity index (χ0n) is 9.21. The normalized spacial score (nSPS) is 11.4. The van der Waals surface area contributed by atoms with Crippen LogP contribution in [0.2, 0.25) is 0 Å². The Hall–Kier alpha value is -1.61. The maximum Gasteiger partial charge on any atom is 0.329 e. The van der Waals surface area contributed by atoms with Gasteiger partial charge in [0.05, 0.1) is 0 Å². The van der Waals surface area contributed by atoms with Gasteiger partial charge >= 0.3 is 6.01 Å². The average Bonchev–Trinajstić information content (AvgIpc) is 2.62. The molecule has 0 radical (unpaired) electrons. The molecule has 0 aliphatic rings. The molecule has 9 heteroatoms. The van der Waals surface area contributed by atoms with Gasteiger partial charge in [-0.3, -0.25) is 0 Å². The summed E-state index contributed by atoms with van der Waals surface area (Å²) in [5.41, 5.74) is 5.99. The lowest BCUT2D eigenvalue weighted by atomic mass is 10.3. The Kier molecular flexibility index (Phi) is 3.26. The van der Waals surface area contributed by atoms with E-state index in [4.69, 9.17) is 10.2 Å². The van der Waals surface area contributed by atoms with Crippen molar-refractivity contribution >= 4 is 37.7 Å². The van der Waals surface area contributed by atoms with Gasteiger partial charge in [0.25, 0.3) is 10.0 Å². The molecule has 3 N–H and O–H groups in total. The van der Waals surface area contributed by atoms with E-state index in [0.29, 0.717) is 10.2 Å². The minimum Gasteiger partial charge on any atom is -0.408 e. The van der Waals surface area contributed by atoms with Crippen LogP contribution < -0.4 is 10.5 Å². The lowest BCUT2D eigenvalue weighted by Gasteiger charge is -2.06. The number of sulfonamides is 1. The molecule has 1 heterocycles. The van der Waals surface area contributed by atoms with Crippen molar-refractivity contribution in [3.05, 3.63) is 28.6 Å². The number of anilines is 2. The van der Waals surface area contributed by atoms with Gasteiger partial charge in [-0.2, -0.15) is 0 Å². The van der Waals surface area contributed by atoms with Gasteiger partial charge in [-0.15, -0.1) is 5.10 Å². The number of halogens is 1. The summed E-state index contributed by atoms with van der Waals surface area (Å²) in [7, 11) is -3.80. The quantitative estimate of drug-likeness (QED) is 0.824. The largest absolute Gasteiger partial charge is 0.408 e. The third kappa shape index (κ3) is 2.62. The summed E-state index contributed by atoms with van der Waals surface area (Å²) in [4.78, 5) is 0.0348. The molecule has 1 aromatic carbocycles. The van der Waals surface area contributed by atoms with Gasteiger partial charge in [0.15, 0.2) is 0 Å². The molecule has 96 valence electrons. The Morgan fingerprint density at radius 2 is 2.11 bits per heavy atom. The van der Waals surface area contributed by atoms with Crippen molar-refractivity contribution < 1.29 is 12.8 Å². The first-order valence-corrected chi connectivity index (χ1v) is 7.04. The zero-order chi connectivity index (χ0) is 13.3. The van der Waals surface area contributed by atoms with E-state index in [1.807, 2.05) is 0 Å². The van der Waals surface area contributed by atoms with E-state index in [0.717, 1.165) is 0 Å². The van der Waals surface area contributed by atoms with Crippen molar-refractivity contribution in [2.75, 3.05) is 10.5 Å². The number of benzene rings is 1. The molecule has 0 spiro atoms. The third-order valence-electron chi connectivity index (χ3n) is 1.99. The number of nitrogen functional groups attached to an aromatic ring is 1. The lowest BCUT2D eigenvalue weighted by molar-refractivity contribution is 0.534. The van der Waals surface area contributed by atoms with Crippen LogP contribution in [-0.4, -0.2) is 18.6 Å². The fraction of sp³-hybridized carbons (Fsp3) is 0.111. The minimum atomic E-state index is -3.80. The Bertz CT molecular complexity index is 683. The van der Waals surface area contributed by atoms with Crippen molar-refractivity contribution in [1.29, 1.82) is 0 Å². The molecule has 0 bridgehead atoms. The average molecular weight is 333 g/mol. The molecule has 7 nitrogen and oxygen atoms in total. The van der Waals surface area contributed by atoms with Crippen molar-refractivity contribution in [1.82, 2.24) is 10.2 Å². The molecule has 1 aromatic heterocycles. The lowest BCUT2D eigenvalue weighted by Crippen LogP contribution is -2.14. The van der Waals surface area contributed by atoms with Crippen molar-refractivity contribution in [2.45, 2.75) is 11.8 Å². The molecule has 0 atom stereocenters. The van der Waals surface area contributed by atoms with Crippen LogP contribution in [0.1, 0.15) is 5.89 Å². The molecule has 0 saturated heterocycles. The summed E-state index contributed by atoms with van der Waals surface area (Å²) in [5, 5.41) is 7.08. The summed E-state index contributed by atoms with van der Waals surface area (Å²) in [5.74, 6) is 0.268. The van der Waals surface area contributed by atoms with Crippen molar-refractivity contribution in [3.63, 3.8) is 0 Å². The molecule has 2 aromatic rings. The van der Waals surface area contributed by atoms with Gasteiger partial charge in [-0.1, -0.05) is 5.10 Å². The predicted octanol–water partition coefficient (Wildman–Crippen LogP) is 1.52. The molecule has 0 amide bonds. The van der Waals surface area contributed by atoms with Gasteiger partial charge in [-0.05, 0) is 34.1 Å². The highest BCUT2D eigenvalue weighted by molar-refractivity contribution is 9.10. The monoisotopic (exact) mass is 332 g/mol. The molecule has 2 rings (SSSR count). The Labute approximate surface area is 112 Å². The fourth-order valence-electron chi connectivity index (χ4n) is 1.24. The van der Waals surface area contributed by atoms with Crippen molar-refractivity contribution in [2.24, 2.45) is 0 Å². The second-order valence-electron chi connectivity index (χ2n) is 3.42. The number of rotatable bonds is 3. The van der Waals surface area contributed by atoms with Crippen LogP contribution >= 0.6 is 15.9 Å². The number of hydrogen-bond acceptors (Lipinski definition) is 6. The van der Waals surface area contributed by atoms with Crippen LogP contribution in [0.5, 0.6) is 0 Å². The third-order valence-corrected chi connectivity index (χ3v) is 4.29. The van der Waals surface area contributed by atoms with Gasteiger partial charge < -0.3 is 10.2 Å². The molecule has 0 aliphatic heterocycles. The summed E-state index contributed by atoms with van der Waals surface area (Å²) in [6.07, 6.45) is 0. The maximum absolute atomic E-state index is 12.0. The fourth-order valence-corrected chi connectivity index (χ4v) is 3.26. The van der Waals surface area contributed by atoms with Gasteiger partial charge in [0.1, 0.15) is 4.90 Å². The summed E-state index contributed by atoms with van der Waals surface area (Å²) in [6.45, 7) is 1.56. The zero-order valence-corrected chi connectivity index (χ0v) is 11.6. The van der Waals surface area contributed by atoms with Crippen LogP contribution in [0.3, 0.4) is 0 Å². The Morgan fingerprint density at radius 1 is 1.39 bits per heavy atom. The number of aromatic nitrogens is 2. The highest BCUT2D eigenvalue weighted by Gasteiger charge is 2.20. The second-order valence-corrected chi connectivity index (χ2v) is 5.93. The SMILES string of the molecule is Cc1nnc(NS(=O)(=O)c2ccc(N)cc2Br)o1. The van der Waals surface area contributed by atoms with E-state index in [1.165, 1.54) is 18.2 Å². The summed E-state index contributed by atoms with van der Waals surface area (Å²) in [6, 6.07) is 4.17. The molecular formula is C9H9BrN4O3S. The second kappa shape index (κ2) is 4.58. The topological polar surface area (TPSA) is 111 Å². The number of hydrogen-bond donors (Lipinski definition) is 2. The van der Waals surface area contributed by atoms with E-state index in [1.54, 1.807) is 6.92 Å². The van der Waals surface area contributed by atoms with Gasteiger partial charge in [0, 0.05) is 17.1 Å². The van der Waals surface area contributed by atoms with E-state index >= 15 is 0 Å². The predicted molar refractivity (Wildman–Crippen MR) is 68.4 cm³/mol. The highest BCUT2D eigenvalue weighted by atomic mass is 79.9. The minimum absolute atomic E-state index is 0.0348. The van der Waals surface area contributed by atoms with Crippen LogP contribution in [0, 0.1) is 6.92 Å².